The summed E-state index contributed by atoms with van der Waals surface area (Å²) in [5.74, 6) is 1.20. The molecule has 0 aliphatic heterocycles. The first-order valence-corrected chi connectivity index (χ1v) is 14.3. The van der Waals surface area contributed by atoms with Gasteiger partial charge in [0, 0.05) is 12.0 Å². The SMILES string of the molecule is CCC(O)(CC)CCCO[C@H](C)C1CCC2/C(=C/C=C3C[C@@H](O)C4(CC4)[C@H](O)C3)CCCC21C. The van der Waals surface area contributed by atoms with Gasteiger partial charge in [-0.05, 0) is 108 Å². The number of rotatable bonds is 9. The van der Waals surface area contributed by atoms with E-state index < -0.39 is 5.60 Å². The first kappa shape index (κ1) is 26.4. The Balaban J connectivity index is 1.35. The molecule has 4 rings (SSSR count). The van der Waals surface area contributed by atoms with Crippen LogP contribution >= 0.6 is 0 Å². The van der Waals surface area contributed by atoms with Gasteiger partial charge in [-0.3, -0.25) is 0 Å². The molecule has 0 aromatic heterocycles. The van der Waals surface area contributed by atoms with E-state index in [9.17, 15) is 15.3 Å². The third-order valence-corrected chi connectivity index (χ3v) is 10.7. The van der Waals surface area contributed by atoms with Crippen molar-refractivity contribution >= 4 is 0 Å². The predicted molar refractivity (Wildman–Crippen MR) is 137 cm³/mol. The van der Waals surface area contributed by atoms with Crippen LogP contribution in [0.25, 0.3) is 0 Å². The summed E-state index contributed by atoms with van der Waals surface area (Å²) in [6.07, 6.45) is 17.0. The van der Waals surface area contributed by atoms with Gasteiger partial charge in [-0.15, -0.1) is 0 Å². The maximum Gasteiger partial charge on any atom is 0.0658 e. The van der Waals surface area contributed by atoms with E-state index in [2.05, 4.69) is 39.8 Å². The third kappa shape index (κ3) is 5.08. The van der Waals surface area contributed by atoms with E-state index in [-0.39, 0.29) is 23.7 Å². The minimum absolute atomic E-state index is 0.186. The van der Waals surface area contributed by atoms with E-state index in [4.69, 9.17) is 4.74 Å². The van der Waals surface area contributed by atoms with Crippen LogP contribution < -0.4 is 0 Å². The van der Waals surface area contributed by atoms with Gasteiger partial charge >= 0.3 is 0 Å². The molecule has 4 fully saturated rings. The van der Waals surface area contributed by atoms with Crippen molar-refractivity contribution in [3.05, 3.63) is 23.3 Å². The molecule has 1 spiro atoms. The van der Waals surface area contributed by atoms with Crippen molar-refractivity contribution in [2.75, 3.05) is 6.61 Å². The van der Waals surface area contributed by atoms with Crippen molar-refractivity contribution in [3.8, 4) is 0 Å². The number of hydrogen-bond acceptors (Lipinski definition) is 4. The molecule has 194 valence electrons. The van der Waals surface area contributed by atoms with Crippen LogP contribution in [0.5, 0.6) is 0 Å². The lowest BCUT2D eigenvalue weighted by Crippen LogP contribution is -2.39. The van der Waals surface area contributed by atoms with Crippen LogP contribution in [-0.2, 0) is 4.74 Å². The van der Waals surface area contributed by atoms with E-state index in [0.717, 1.165) is 58.0 Å². The topological polar surface area (TPSA) is 69.9 Å². The Bertz CT molecular complexity index is 746. The van der Waals surface area contributed by atoms with Crippen molar-refractivity contribution in [1.82, 2.24) is 0 Å². The maximum atomic E-state index is 10.6. The molecule has 6 atom stereocenters. The zero-order valence-corrected chi connectivity index (χ0v) is 22.2. The highest BCUT2D eigenvalue weighted by Crippen LogP contribution is 2.59. The average molecular weight is 475 g/mol. The molecule has 0 saturated heterocycles. The number of aliphatic hydroxyl groups excluding tert-OH is 2. The fourth-order valence-corrected chi connectivity index (χ4v) is 7.82. The van der Waals surface area contributed by atoms with Gasteiger partial charge in [0.05, 0.1) is 23.9 Å². The molecule has 3 N–H and O–H groups in total. The average Bonchev–Trinajstić information content (AvgIpc) is 3.55. The quantitative estimate of drug-likeness (QED) is 0.354. The van der Waals surface area contributed by atoms with E-state index in [1.54, 1.807) is 5.57 Å². The van der Waals surface area contributed by atoms with Crippen LogP contribution in [0.15, 0.2) is 23.3 Å². The summed E-state index contributed by atoms with van der Waals surface area (Å²) in [6.45, 7) is 9.63. The lowest BCUT2D eigenvalue weighted by molar-refractivity contribution is -0.0366. The molecular formula is C30H50O4. The molecule has 0 radical (unpaired) electrons. The van der Waals surface area contributed by atoms with Crippen LogP contribution in [0.4, 0.5) is 0 Å². The molecule has 34 heavy (non-hydrogen) atoms. The smallest absolute Gasteiger partial charge is 0.0658 e. The van der Waals surface area contributed by atoms with Crippen LogP contribution in [0.3, 0.4) is 0 Å². The Morgan fingerprint density at radius 2 is 1.74 bits per heavy atom. The summed E-state index contributed by atoms with van der Waals surface area (Å²) in [7, 11) is 0. The highest BCUT2D eigenvalue weighted by molar-refractivity contribution is 5.28. The Hall–Kier alpha value is -0.680. The van der Waals surface area contributed by atoms with Gasteiger partial charge in [0.25, 0.3) is 0 Å². The van der Waals surface area contributed by atoms with Gasteiger partial charge in [-0.25, -0.2) is 0 Å². The van der Waals surface area contributed by atoms with Gasteiger partial charge in [0.2, 0.25) is 0 Å². The maximum absolute atomic E-state index is 10.6. The zero-order chi connectivity index (χ0) is 24.6. The molecule has 4 saturated carbocycles. The zero-order valence-electron chi connectivity index (χ0n) is 22.2. The molecule has 4 heteroatoms. The first-order valence-electron chi connectivity index (χ1n) is 14.3. The summed E-state index contributed by atoms with van der Waals surface area (Å²) in [5.41, 5.74) is 2.36. The molecule has 3 unspecified atom stereocenters. The third-order valence-electron chi connectivity index (χ3n) is 10.7. The number of ether oxygens (including phenoxy) is 1. The Labute approximate surface area is 207 Å². The lowest BCUT2D eigenvalue weighted by Gasteiger charge is -2.44. The summed E-state index contributed by atoms with van der Waals surface area (Å²) < 4.78 is 6.37. The number of fused-ring (bicyclic) bond motifs is 1. The van der Waals surface area contributed by atoms with Crippen molar-refractivity contribution in [2.24, 2.45) is 22.7 Å². The normalized spacial score (nSPS) is 37.1. The van der Waals surface area contributed by atoms with Crippen molar-refractivity contribution in [2.45, 2.75) is 135 Å². The van der Waals surface area contributed by atoms with Gasteiger partial charge in [0.15, 0.2) is 0 Å². The Morgan fingerprint density at radius 1 is 1.06 bits per heavy atom. The molecule has 0 heterocycles. The largest absolute Gasteiger partial charge is 0.392 e. The number of aliphatic hydroxyl groups is 3. The Morgan fingerprint density at radius 3 is 2.35 bits per heavy atom. The van der Waals surface area contributed by atoms with Crippen molar-refractivity contribution in [1.29, 1.82) is 0 Å². The van der Waals surface area contributed by atoms with E-state index in [0.29, 0.717) is 17.3 Å². The summed E-state index contributed by atoms with van der Waals surface area (Å²) in [5, 5.41) is 31.7. The summed E-state index contributed by atoms with van der Waals surface area (Å²) in [4.78, 5) is 0. The van der Waals surface area contributed by atoms with Crippen molar-refractivity contribution in [3.63, 3.8) is 0 Å². The van der Waals surface area contributed by atoms with Gasteiger partial charge < -0.3 is 20.1 Å². The fourth-order valence-electron chi connectivity index (χ4n) is 7.82. The molecule has 0 aromatic rings. The molecular weight excluding hydrogens is 424 g/mol. The molecule has 4 aliphatic rings. The van der Waals surface area contributed by atoms with Gasteiger partial charge in [0.1, 0.15) is 0 Å². The monoisotopic (exact) mass is 474 g/mol. The predicted octanol–water partition coefficient (Wildman–Crippen LogP) is 6.09. The molecule has 0 bridgehead atoms. The molecule has 4 aliphatic carbocycles. The van der Waals surface area contributed by atoms with Crippen LogP contribution in [0.2, 0.25) is 0 Å². The number of allylic oxidation sites excluding steroid dienone is 3. The second-order valence-electron chi connectivity index (χ2n) is 12.4. The first-order chi connectivity index (χ1) is 16.2. The second kappa shape index (κ2) is 10.4. The minimum atomic E-state index is -0.529. The van der Waals surface area contributed by atoms with E-state index in [1.807, 2.05) is 0 Å². The van der Waals surface area contributed by atoms with Crippen LogP contribution in [0, 0.1) is 22.7 Å². The van der Waals surface area contributed by atoms with Crippen LogP contribution in [0.1, 0.15) is 111 Å². The van der Waals surface area contributed by atoms with Crippen molar-refractivity contribution < 1.29 is 20.1 Å². The number of hydrogen-bond donors (Lipinski definition) is 3. The van der Waals surface area contributed by atoms with Crippen LogP contribution in [-0.4, -0.2) is 45.8 Å². The second-order valence-corrected chi connectivity index (χ2v) is 12.4. The minimum Gasteiger partial charge on any atom is -0.392 e. The standard InChI is InChI=1S/C30H50O4/c1-5-29(33,6-2)15-8-18-34-21(3)24-12-13-25-23(9-7-14-28(24,25)4)11-10-22-19-26(31)30(16-17-30)27(32)20-22/h10-11,21,24-27,31-33H,5-9,12-20H2,1-4H3/b23-11+/t21-,24?,25?,26-,27-,28?/m1/s1. The highest BCUT2D eigenvalue weighted by Gasteiger charge is 2.56. The van der Waals surface area contributed by atoms with E-state index >= 15 is 0 Å². The van der Waals surface area contributed by atoms with E-state index in [1.165, 1.54) is 37.7 Å². The summed E-state index contributed by atoms with van der Waals surface area (Å²) in [6, 6.07) is 0. The summed E-state index contributed by atoms with van der Waals surface area (Å²) >= 11 is 0. The highest BCUT2D eigenvalue weighted by atomic mass is 16.5. The molecule has 0 aromatic carbocycles. The van der Waals surface area contributed by atoms with Gasteiger partial charge in [-0.2, -0.15) is 0 Å². The molecule has 4 nitrogen and oxygen atoms in total. The van der Waals surface area contributed by atoms with Gasteiger partial charge in [-0.1, -0.05) is 44.1 Å². The Kier molecular flexibility index (Phi) is 8.04. The molecule has 0 amide bonds. The lowest BCUT2D eigenvalue weighted by atomic mass is 9.62. The fraction of sp³-hybridized carbons (Fsp3) is 0.867.